The maximum atomic E-state index is 13.0. The molecule has 2 N–H and O–H groups in total. The molecule has 35 heavy (non-hydrogen) atoms. The molecule has 5 rings (SSSR count). The molecule has 3 aliphatic rings. The Balaban J connectivity index is 1.12. The fourth-order valence-electron chi connectivity index (χ4n) is 5.64. The number of fused-ring (bicyclic) bond motifs is 3. The first kappa shape index (κ1) is 23.4. The van der Waals surface area contributed by atoms with Crippen molar-refractivity contribution in [1.82, 2.24) is 10.2 Å². The summed E-state index contributed by atoms with van der Waals surface area (Å²) >= 11 is 0. The lowest BCUT2D eigenvalue weighted by molar-refractivity contribution is -0.149. The van der Waals surface area contributed by atoms with Gasteiger partial charge in [-0.25, -0.2) is 4.79 Å². The zero-order valence-electron chi connectivity index (χ0n) is 19.5. The van der Waals surface area contributed by atoms with Gasteiger partial charge in [-0.15, -0.1) is 0 Å². The SMILES string of the molecule is O=C(O)CC1CN(C(=O)C2CCC(NC(=O)OCC3c4ccccc4-c4ccccc43)C2)CCO1. The summed E-state index contributed by atoms with van der Waals surface area (Å²) in [6.45, 7) is 1.37. The van der Waals surface area contributed by atoms with Crippen molar-refractivity contribution in [2.45, 2.75) is 43.7 Å². The number of hydrogen-bond donors (Lipinski definition) is 2. The van der Waals surface area contributed by atoms with Crippen LogP contribution >= 0.6 is 0 Å². The molecule has 1 saturated carbocycles. The average molecular weight is 479 g/mol. The number of carbonyl (C=O) groups is 3. The fraction of sp³-hybridized carbons (Fsp3) is 0.444. The summed E-state index contributed by atoms with van der Waals surface area (Å²) in [6.07, 6.45) is 0.918. The van der Waals surface area contributed by atoms with Crippen molar-refractivity contribution >= 4 is 18.0 Å². The number of ether oxygens (including phenoxy) is 2. The van der Waals surface area contributed by atoms with Crippen molar-refractivity contribution in [2.75, 3.05) is 26.3 Å². The summed E-state index contributed by atoms with van der Waals surface area (Å²) in [5, 5.41) is 11.9. The van der Waals surface area contributed by atoms with E-state index in [0.29, 0.717) is 39.0 Å². The zero-order chi connectivity index (χ0) is 24.4. The zero-order valence-corrected chi connectivity index (χ0v) is 19.5. The van der Waals surface area contributed by atoms with Crippen LogP contribution in [-0.4, -0.2) is 66.4 Å². The molecule has 2 amide bonds. The molecule has 3 unspecified atom stereocenters. The number of nitrogens with one attached hydrogen (secondary N) is 1. The highest BCUT2D eigenvalue weighted by Gasteiger charge is 2.36. The standard InChI is InChI=1S/C27H30N2O6/c30-25(31)14-19-15-29(11-12-34-19)26(32)17-9-10-18(13-17)28-27(33)35-16-24-22-7-3-1-5-20(22)21-6-2-4-8-23(21)24/h1-8,17-19,24H,9-16H2,(H,28,33)(H,30,31). The molecule has 2 aromatic rings. The van der Waals surface area contributed by atoms with Gasteiger partial charge in [-0.1, -0.05) is 48.5 Å². The summed E-state index contributed by atoms with van der Waals surface area (Å²) in [5.41, 5.74) is 4.70. The molecule has 3 atom stereocenters. The van der Waals surface area contributed by atoms with Crippen molar-refractivity contribution in [3.05, 3.63) is 59.7 Å². The fourth-order valence-corrected chi connectivity index (χ4v) is 5.64. The van der Waals surface area contributed by atoms with Crippen LogP contribution in [0, 0.1) is 5.92 Å². The number of carboxylic acids is 1. The Kier molecular flexibility index (Phi) is 6.72. The van der Waals surface area contributed by atoms with Crippen LogP contribution < -0.4 is 5.32 Å². The third-order valence-electron chi connectivity index (χ3n) is 7.30. The quantitative estimate of drug-likeness (QED) is 0.659. The second-order valence-corrected chi connectivity index (χ2v) is 9.55. The number of rotatable bonds is 6. The Morgan fingerprint density at radius 3 is 2.40 bits per heavy atom. The normalized spacial score (nSPS) is 23.4. The Bertz CT molecular complexity index is 1070. The minimum absolute atomic E-state index is 0.00567. The lowest BCUT2D eigenvalue weighted by atomic mass is 9.98. The highest BCUT2D eigenvalue weighted by atomic mass is 16.5. The van der Waals surface area contributed by atoms with Crippen molar-refractivity contribution in [3.63, 3.8) is 0 Å². The highest BCUT2D eigenvalue weighted by Crippen LogP contribution is 2.44. The van der Waals surface area contributed by atoms with E-state index in [0.717, 1.165) is 0 Å². The minimum Gasteiger partial charge on any atom is -0.481 e. The van der Waals surface area contributed by atoms with Gasteiger partial charge in [0.05, 0.1) is 19.1 Å². The molecular formula is C27H30N2O6. The molecule has 1 aliphatic heterocycles. The number of nitrogens with zero attached hydrogens (tertiary/aromatic N) is 1. The van der Waals surface area contributed by atoms with Crippen molar-refractivity contribution in [1.29, 1.82) is 0 Å². The van der Waals surface area contributed by atoms with Gasteiger partial charge in [0, 0.05) is 31.0 Å². The van der Waals surface area contributed by atoms with Gasteiger partial charge >= 0.3 is 12.1 Å². The van der Waals surface area contributed by atoms with Crippen LogP contribution in [-0.2, 0) is 19.1 Å². The summed E-state index contributed by atoms with van der Waals surface area (Å²) in [6, 6.07) is 16.3. The summed E-state index contributed by atoms with van der Waals surface area (Å²) in [7, 11) is 0. The Morgan fingerprint density at radius 1 is 1.03 bits per heavy atom. The van der Waals surface area contributed by atoms with Gasteiger partial charge in [-0.2, -0.15) is 0 Å². The minimum atomic E-state index is -0.933. The first-order valence-electron chi connectivity index (χ1n) is 12.2. The molecular weight excluding hydrogens is 448 g/mol. The number of hydrogen-bond acceptors (Lipinski definition) is 5. The van der Waals surface area contributed by atoms with Crippen LogP contribution in [0.4, 0.5) is 4.79 Å². The molecule has 184 valence electrons. The van der Waals surface area contributed by atoms with E-state index in [1.165, 1.54) is 22.3 Å². The molecule has 2 aromatic carbocycles. The molecule has 8 nitrogen and oxygen atoms in total. The lowest BCUT2D eigenvalue weighted by Crippen LogP contribution is -2.48. The number of carboxylic acid groups (broad SMARTS) is 1. The number of aliphatic carboxylic acids is 1. The molecule has 1 heterocycles. The van der Waals surface area contributed by atoms with E-state index in [1.807, 2.05) is 24.3 Å². The van der Waals surface area contributed by atoms with Crippen molar-refractivity contribution in [2.24, 2.45) is 5.92 Å². The van der Waals surface area contributed by atoms with Gasteiger partial charge in [0.1, 0.15) is 6.61 Å². The Morgan fingerprint density at radius 2 is 1.71 bits per heavy atom. The second kappa shape index (κ2) is 10.1. The van der Waals surface area contributed by atoms with E-state index < -0.39 is 18.2 Å². The lowest BCUT2D eigenvalue weighted by Gasteiger charge is -2.34. The molecule has 0 aromatic heterocycles. The van der Waals surface area contributed by atoms with Gasteiger partial charge in [-0.05, 0) is 41.5 Å². The smallest absolute Gasteiger partial charge is 0.407 e. The van der Waals surface area contributed by atoms with Crippen molar-refractivity contribution in [3.8, 4) is 11.1 Å². The van der Waals surface area contributed by atoms with Gasteiger partial charge in [0.25, 0.3) is 0 Å². The van der Waals surface area contributed by atoms with E-state index in [2.05, 4.69) is 29.6 Å². The van der Waals surface area contributed by atoms with Gasteiger partial charge in [0.2, 0.25) is 5.91 Å². The van der Waals surface area contributed by atoms with Crippen LogP contribution in [0.5, 0.6) is 0 Å². The number of benzene rings is 2. The van der Waals surface area contributed by atoms with E-state index in [4.69, 9.17) is 14.6 Å². The largest absolute Gasteiger partial charge is 0.481 e. The molecule has 0 radical (unpaired) electrons. The van der Waals surface area contributed by atoms with Crippen LogP contribution in [0.1, 0.15) is 42.7 Å². The predicted molar refractivity (Wildman–Crippen MR) is 128 cm³/mol. The highest BCUT2D eigenvalue weighted by molar-refractivity contribution is 5.80. The topological polar surface area (TPSA) is 105 Å². The number of amides is 2. The van der Waals surface area contributed by atoms with Crippen LogP contribution in [0.15, 0.2) is 48.5 Å². The maximum Gasteiger partial charge on any atom is 0.407 e. The van der Waals surface area contributed by atoms with E-state index >= 15 is 0 Å². The number of morpholine rings is 1. The third kappa shape index (κ3) is 5.03. The molecule has 2 fully saturated rings. The first-order chi connectivity index (χ1) is 17.0. The predicted octanol–water partition coefficient (Wildman–Crippen LogP) is 3.40. The average Bonchev–Trinajstić information content (AvgIpc) is 3.45. The molecule has 0 bridgehead atoms. The Hall–Kier alpha value is -3.39. The molecule has 1 saturated heterocycles. The maximum absolute atomic E-state index is 13.0. The van der Waals surface area contributed by atoms with E-state index in [-0.39, 0.29) is 36.8 Å². The van der Waals surface area contributed by atoms with E-state index in [1.54, 1.807) is 4.90 Å². The summed E-state index contributed by atoms with van der Waals surface area (Å²) in [4.78, 5) is 38.3. The number of carbonyl (C=O) groups excluding carboxylic acids is 2. The number of alkyl carbamates (subject to hydrolysis) is 1. The van der Waals surface area contributed by atoms with Gasteiger partial charge < -0.3 is 24.8 Å². The second-order valence-electron chi connectivity index (χ2n) is 9.55. The summed E-state index contributed by atoms with van der Waals surface area (Å²) in [5.74, 6) is -1.10. The Labute approximate surface area is 204 Å². The van der Waals surface area contributed by atoms with Crippen LogP contribution in [0.2, 0.25) is 0 Å². The van der Waals surface area contributed by atoms with Crippen LogP contribution in [0.3, 0.4) is 0 Å². The first-order valence-corrected chi connectivity index (χ1v) is 12.2. The van der Waals surface area contributed by atoms with Crippen LogP contribution in [0.25, 0.3) is 11.1 Å². The summed E-state index contributed by atoms with van der Waals surface area (Å²) < 4.78 is 11.1. The molecule has 8 heteroatoms. The van der Waals surface area contributed by atoms with E-state index in [9.17, 15) is 14.4 Å². The van der Waals surface area contributed by atoms with Gasteiger partial charge in [-0.3, -0.25) is 9.59 Å². The third-order valence-corrected chi connectivity index (χ3v) is 7.30. The molecule has 2 aliphatic carbocycles. The molecule has 0 spiro atoms. The van der Waals surface area contributed by atoms with Gasteiger partial charge in [0.15, 0.2) is 0 Å². The van der Waals surface area contributed by atoms with Crippen molar-refractivity contribution < 1.29 is 29.0 Å². The monoisotopic (exact) mass is 478 g/mol.